The largest absolute Gasteiger partial charge is 0.419 e. The van der Waals surface area contributed by atoms with Gasteiger partial charge in [0.15, 0.2) is 9.76 Å². The number of hydrogen-bond acceptors (Lipinski definition) is 1. The first-order chi connectivity index (χ1) is 6.75. The summed E-state index contributed by atoms with van der Waals surface area (Å²) in [5.41, 5.74) is 3.70. The molecule has 3 unspecified atom stereocenters. The number of allylic oxidation sites excluding steroid dienone is 3. The molecule has 0 aromatic carbocycles. The van der Waals surface area contributed by atoms with Crippen molar-refractivity contribution in [2.75, 3.05) is 6.61 Å². The molecule has 1 nitrogen and oxygen atoms in total. The maximum atomic E-state index is 5.81. The van der Waals surface area contributed by atoms with Gasteiger partial charge in [0, 0.05) is 6.61 Å². The van der Waals surface area contributed by atoms with Gasteiger partial charge in [-0.2, -0.15) is 0 Å². The summed E-state index contributed by atoms with van der Waals surface area (Å²) in [7, 11) is -0.371. The van der Waals surface area contributed by atoms with E-state index in [0.717, 1.165) is 24.4 Å². The minimum absolute atomic E-state index is 0.371. The third-order valence-electron chi connectivity index (χ3n) is 3.36. The van der Waals surface area contributed by atoms with Crippen LogP contribution in [0.2, 0.25) is 0 Å². The lowest BCUT2D eigenvalue weighted by atomic mass is 9.95. The van der Waals surface area contributed by atoms with Crippen LogP contribution in [0.1, 0.15) is 26.7 Å². The highest BCUT2D eigenvalue weighted by molar-refractivity contribution is 6.34. The van der Waals surface area contributed by atoms with E-state index < -0.39 is 0 Å². The zero-order valence-electron chi connectivity index (χ0n) is 9.20. The predicted octanol–water partition coefficient (Wildman–Crippen LogP) is 2.22. The summed E-state index contributed by atoms with van der Waals surface area (Å²) in [5, 5.41) is 0. The molecule has 0 heterocycles. The molecule has 0 aromatic heterocycles. The molecule has 78 valence electrons. The molecular weight excluding hydrogens is 188 g/mol. The average molecular weight is 208 g/mol. The standard InChI is InChI=1S/C12H20OSi/c1-9(2)8-14-13-7-12-6-10-3-4-11(12)5-10/h3-4,8,10-12H,5-7,14H2,1-2H3. The summed E-state index contributed by atoms with van der Waals surface area (Å²) in [5.74, 6) is 2.57. The Balaban J connectivity index is 1.67. The summed E-state index contributed by atoms with van der Waals surface area (Å²) in [6.45, 7) is 5.31. The smallest absolute Gasteiger partial charge is 0.185 e. The molecule has 0 N–H and O–H groups in total. The third kappa shape index (κ3) is 2.37. The van der Waals surface area contributed by atoms with E-state index in [2.05, 4.69) is 31.7 Å². The normalized spacial score (nSPS) is 34.6. The Kier molecular flexibility index (Phi) is 3.24. The molecule has 0 saturated heterocycles. The van der Waals surface area contributed by atoms with Crippen LogP contribution in [-0.4, -0.2) is 16.4 Å². The van der Waals surface area contributed by atoms with E-state index in [0.29, 0.717) is 0 Å². The van der Waals surface area contributed by atoms with Gasteiger partial charge in [-0.1, -0.05) is 23.4 Å². The molecule has 0 aromatic rings. The molecule has 1 fully saturated rings. The van der Waals surface area contributed by atoms with Crippen molar-refractivity contribution in [2.45, 2.75) is 26.7 Å². The van der Waals surface area contributed by atoms with Crippen LogP contribution in [0.25, 0.3) is 0 Å². The molecule has 3 atom stereocenters. The van der Waals surface area contributed by atoms with E-state index in [1.54, 1.807) is 0 Å². The molecule has 2 aliphatic carbocycles. The summed E-state index contributed by atoms with van der Waals surface area (Å²) in [6, 6.07) is 0. The van der Waals surface area contributed by atoms with Crippen LogP contribution in [0.4, 0.5) is 0 Å². The Morgan fingerprint density at radius 2 is 2.29 bits per heavy atom. The highest BCUT2D eigenvalue weighted by Gasteiger charge is 2.35. The van der Waals surface area contributed by atoms with Crippen LogP contribution < -0.4 is 0 Å². The summed E-state index contributed by atoms with van der Waals surface area (Å²) in [6.07, 6.45) is 7.59. The van der Waals surface area contributed by atoms with E-state index >= 15 is 0 Å². The summed E-state index contributed by atoms with van der Waals surface area (Å²) >= 11 is 0. The molecular formula is C12H20OSi. The molecule has 2 rings (SSSR count). The van der Waals surface area contributed by atoms with Crippen LogP contribution in [-0.2, 0) is 4.43 Å². The SMILES string of the molecule is CC(C)=C[SiH2]OCC1CC2C=CC1C2. The molecule has 1 saturated carbocycles. The molecule has 0 aliphatic heterocycles. The second kappa shape index (κ2) is 4.45. The topological polar surface area (TPSA) is 9.23 Å². The van der Waals surface area contributed by atoms with Gasteiger partial charge in [-0.15, -0.1) is 0 Å². The quantitative estimate of drug-likeness (QED) is 0.391. The van der Waals surface area contributed by atoms with Crippen molar-refractivity contribution >= 4 is 9.76 Å². The fraction of sp³-hybridized carbons (Fsp3) is 0.667. The third-order valence-corrected chi connectivity index (χ3v) is 4.81. The van der Waals surface area contributed by atoms with Crippen molar-refractivity contribution in [2.24, 2.45) is 17.8 Å². The monoisotopic (exact) mass is 208 g/mol. The lowest BCUT2D eigenvalue weighted by Crippen LogP contribution is -2.15. The van der Waals surface area contributed by atoms with Gasteiger partial charge in [0.1, 0.15) is 0 Å². The van der Waals surface area contributed by atoms with E-state index in [4.69, 9.17) is 4.43 Å². The first-order valence-electron chi connectivity index (χ1n) is 5.65. The number of rotatable bonds is 4. The number of fused-ring (bicyclic) bond motifs is 2. The van der Waals surface area contributed by atoms with Crippen molar-refractivity contribution in [3.05, 3.63) is 23.4 Å². The fourth-order valence-electron chi connectivity index (χ4n) is 2.53. The highest BCUT2D eigenvalue weighted by atomic mass is 28.2. The van der Waals surface area contributed by atoms with Crippen molar-refractivity contribution in [1.82, 2.24) is 0 Å². The summed E-state index contributed by atoms with van der Waals surface area (Å²) < 4.78 is 5.81. The van der Waals surface area contributed by atoms with Crippen LogP contribution in [0.5, 0.6) is 0 Å². The first-order valence-corrected chi connectivity index (χ1v) is 7.04. The Morgan fingerprint density at radius 3 is 2.86 bits per heavy atom. The van der Waals surface area contributed by atoms with Gasteiger partial charge in [0.2, 0.25) is 0 Å². The van der Waals surface area contributed by atoms with Crippen molar-refractivity contribution in [3.63, 3.8) is 0 Å². The lowest BCUT2D eigenvalue weighted by Gasteiger charge is -2.17. The summed E-state index contributed by atoms with van der Waals surface area (Å²) in [4.78, 5) is 0. The fourth-order valence-corrected chi connectivity index (χ4v) is 3.42. The van der Waals surface area contributed by atoms with Gasteiger partial charge in [-0.25, -0.2) is 0 Å². The molecule has 0 amide bonds. The van der Waals surface area contributed by atoms with Gasteiger partial charge in [-0.05, 0) is 44.4 Å². The van der Waals surface area contributed by atoms with Gasteiger partial charge >= 0.3 is 0 Å². The average Bonchev–Trinajstić information content (AvgIpc) is 2.73. The zero-order chi connectivity index (χ0) is 9.97. The first kappa shape index (κ1) is 10.2. The second-order valence-corrected chi connectivity index (χ2v) is 6.01. The molecule has 2 heteroatoms. The lowest BCUT2D eigenvalue weighted by molar-refractivity contribution is 0.240. The van der Waals surface area contributed by atoms with E-state index in [1.807, 2.05) is 0 Å². The Labute approximate surface area is 89.2 Å². The van der Waals surface area contributed by atoms with E-state index in [1.165, 1.54) is 18.4 Å². The minimum atomic E-state index is -0.371. The van der Waals surface area contributed by atoms with Crippen molar-refractivity contribution in [3.8, 4) is 0 Å². The van der Waals surface area contributed by atoms with Gasteiger partial charge in [-0.3, -0.25) is 0 Å². The van der Waals surface area contributed by atoms with E-state index in [9.17, 15) is 0 Å². The van der Waals surface area contributed by atoms with Crippen LogP contribution in [0.15, 0.2) is 23.4 Å². The van der Waals surface area contributed by atoms with Crippen LogP contribution in [0.3, 0.4) is 0 Å². The maximum absolute atomic E-state index is 5.81. The molecule has 2 bridgehead atoms. The van der Waals surface area contributed by atoms with Crippen molar-refractivity contribution in [1.29, 1.82) is 0 Å². The van der Waals surface area contributed by atoms with Gasteiger partial charge < -0.3 is 4.43 Å². The molecule has 14 heavy (non-hydrogen) atoms. The Bertz CT molecular complexity index is 253. The van der Waals surface area contributed by atoms with E-state index in [-0.39, 0.29) is 9.76 Å². The van der Waals surface area contributed by atoms with Gasteiger partial charge in [0.05, 0.1) is 0 Å². The molecule has 0 spiro atoms. The van der Waals surface area contributed by atoms with Crippen LogP contribution in [0, 0.1) is 17.8 Å². The van der Waals surface area contributed by atoms with Gasteiger partial charge in [0.25, 0.3) is 0 Å². The Hall–Kier alpha value is -0.343. The second-order valence-electron chi connectivity index (χ2n) is 4.86. The molecule has 0 radical (unpaired) electrons. The Morgan fingerprint density at radius 1 is 1.43 bits per heavy atom. The predicted molar refractivity (Wildman–Crippen MR) is 62.8 cm³/mol. The molecule has 2 aliphatic rings. The highest BCUT2D eigenvalue weighted by Crippen LogP contribution is 2.43. The van der Waals surface area contributed by atoms with Crippen LogP contribution >= 0.6 is 0 Å². The minimum Gasteiger partial charge on any atom is -0.419 e. The maximum Gasteiger partial charge on any atom is 0.185 e. The zero-order valence-corrected chi connectivity index (χ0v) is 10.6. The number of hydrogen-bond donors (Lipinski definition) is 0. The van der Waals surface area contributed by atoms with Crippen molar-refractivity contribution < 1.29 is 4.43 Å².